The van der Waals surface area contributed by atoms with E-state index in [1.54, 1.807) is 56.4 Å². The van der Waals surface area contributed by atoms with Gasteiger partial charge in [0.05, 0.1) is 18.9 Å². The minimum absolute atomic E-state index is 0.239. The van der Waals surface area contributed by atoms with E-state index in [-0.39, 0.29) is 5.56 Å². The van der Waals surface area contributed by atoms with E-state index in [1.807, 2.05) is 12.1 Å². The molecule has 0 aliphatic carbocycles. The van der Waals surface area contributed by atoms with Crippen molar-refractivity contribution in [2.75, 3.05) is 17.7 Å². The van der Waals surface area contributed by atoms with Crippen molar-refractivity contribution in [3.63, 3.8) is 0 Å². The van der Waals surface area contributed by atoms with Crippen LogP contribution in [0.4, 0.5) is 11.4 Å². The first kappa shape index (κ1) is 26.9. The van der Waals surface area contributed by atoms with Gasteiger partial charge in [-0.05, 0) is 56.2 Å². The van der Waals surface area contributed by atoms with Gasteiger partial charge in [0.25, 0.3) is 5.91 Å². The van der Waals surface area contributed by atoms with Crippen LogP contribution in [0.1, 0.15) is 29.8 Å². The molecule has 4 rings (SSSR count). The van der Waals surface area contributed by atoms with E-state index in [0.29, 0.717) is 39.6 Å². The van der Waals surface area contributed by atoms with Gasteiger partial charge in [-0.25, -0.2) is 4.98 Å². The maximum Gasteiger partial charge on any atom is 0.313 e. The van der Waals surface area contributed by atoms with Gasteiger partial charge in [0, 0.05) is 29.0 Å². The summed E-state index contributed by atoms with van der Waals surface area (Å²) in [6.07, 6.45) is 5.76. The van der Waals surface area contributed by atoms with Crippen LogP contribution in [0.15, 0.2) is 84.0 Å². The van der Waals surface area contributed by atoms with Crippen molar-refractivity contribution < 1.29 is 28.3 Å². The van der Waals surface area contributed by atoms with Crippen molar-refractivity contribution in [2.24, 2.45) is 0 Å². The van der Waals surface area contributed by atoms with Crippen LogP contribution in [0.5, 0.6) is 5.75 Å². The van der Waals surface area contributed by atoms with E-state index >= 15 is 0 Å². The highest BCUT2D eigenvalue weighted by molar-refractivity contribution is 6.39. The smallest absolute Gasteiger partial charge is 0.313 e. The van der Waals surface area contributed by atoms with Gasteiger partial charge in [0.2, 0.25) is 0 Å². The van der Waals surface area contributed by atoms with Gasteiger partial charge in [0.1, 0.15) is 11.3 Å². The molecule has 0 aliphatic heterocycles. The van der Waals surface area contributed by atoms with Gasteiger partial charge in [-0.1, -0.05) is 12.1 Å². The zero-order chi connectivity index (χ0) is 28.0. The van der Waals surface area contributed by atoms with Gasteiger partial charge in [0.15, 0.2) is 24.5 Å². The molecule has 0 atom stereocenters. The van der Waals surface area contributed by atoms with Crippen LogP contribution in [-0.4, -0.2) is 35.4 Å². The predicted molar refractivity (Wildman–Crippen MR) is 143 cm³/mol. The molecule has 0 saturated heterocycles. The fourth-order valence-electron chi connectivity index (χ4n) is 3.93. The zero-order valence-corrected chi connectivity index (χ0v) is 21.6. The van der Waals surface area contributed by atoms with E-state index in [1.165, 1.54) is 32.0 Å². The Kier molecular flexibility index (Phi) is 7.90. The summed E-state index contributed by atoms with van der Waals surface area (Å²) < 4.78 is 11.2. The molecule has 0 aliphatic rings. The summed E-state index contributed by atoms with van der Waals surface area (Å²) in [6.45, 7) is 3.60. The van der Waals surface area contributed by atoms with Crippen LogP contribution in [0.2, 0.25) is 0 Å². The first-order valence-electron chi connectivity index (χ1n) is 11.9. The maximum absolute atomic E-state index is 12.6. The Balaban J connectivity index is 1.33. The number of hydrogen-bond donors (Lipinski definition) is 3. The second-order valence-corrected chi connectivity index (χ2v) is 9.35. The monoisotopic (exact) mass is 529 g/mol. The number of benzene rings is 2. The van der Waals surface area contributed by atoms with Gasteiger partial charge >= 0.3 is 11.8 Å². The Morgan fingerprint density at radius 1 is 1.03 bits per heavy atom. The minimum Gasteiger partial charge on any atom is -0.619 e. The summed E-state index contributed by atoms with van der Waals surface area (Å²) in [5.74, 6) is -1.07. The van der Waals surface area contributed by atoms with Crippen LogP contribution in [0.25, 0.3) is 11.3 Å². The number of pyridine rings is 1. The molecule has 3 amide bonds. The number of oxazole rings is 1. The fourth-order valence-corrected chi connectivity index (χ4v) is 3.93. The largest absolute Gasteiger partial charge is 0.619 e. The molecular formula is C28H27N5O6. The summed E-state index contributed by atoms with van der Waals surface area (Å²) >= 11 is 0. The second kappa shape index (κ2) is 11.5. The van der Waals surface area contributed by atoms with Gasteiger partial charge in [-0.2, -0.15) is 4.73 Å². The van der Waals surface area contributed by atoms with E-state index in [0.717, 1.165) is 5.56 Å². The molecule has 0 radical (unpaired) electrons. The average Bonchev–Trinajstić information content (AvgIpc) is 3.44. The van der Waals surface area contributed by atoms with Gasteiger partial charge in [-0.15, -0.1) is 0 Å². The van der Waals surface area contributed by atoms with Crippen LogP contribution in [-0.2, 0) is 16.0 Å². The van der Waals surface area contributed by atoms with Crippen molar-refractivity contribution in [1.82, 2.24) is 10.3 Å². The van der Waals surface area contributed by atoms with E-state index in [2.05, 4.69) is 20.9 Å². The molecule has 11 heteroatoms. The molecular weight excluding hydrogens is 502 g/mol. The topological polar surface area (TPSA) is 150 Å². The molecule has 2 aromatic carbocycles. The quantitative estimate of drug-likeness (QED) is 0.180. The van der Waals surface area contributed by atoms with Crippen LogP contribution >= 0.6 is 0 Å². The number of nitrogens with one attached hydrogen (secondary N) is 3. The molecule has 0 fully saturated rings. The van der Waals surface area contributed by atoms with E-state index in [9.17, 15) is 19.6 Å². The number of methoxy groups -OCH3 is 1. The zero-order valence-electron chi connectivity index (χ0n) is 21.6. The summed E-state index contributed by atoms with van der Waals surface area (Å²) in [5.41, 5.74) is 1.95. The van der Waals surface area contributed by atoms with E-state index in [4.69, 9.17) is 9.15 Å². The lowest BCUT2D eigenvalue weighted by molar-refractivity contribution is -0.605. The fraction of sp³-hybridized carbons (Fsp3) is 0.179. The molecule has 11 nitrogen and oxygen atoms in total. The number of carbonyl (C=O) groups excluding carboxylic acids is 3. The van der Waals surface area contributed by atoms with Crippen molar-refractivity contribution in [3.05, 3.63) is 95.9 Å². The van der Waals surface area contributed by atoms with Gasteiger partial charge in [-0.3, -0.25) is 14.4 Å². The number of rotatable bonds is 8. The number of hydrogen-bond acceptors (Lipinski definition) is 7. The number of nitrogens with zero attached hydrogens (tertiary/aromatic N) is 2. The molecule has 0 saturated carbocycles. The average molecular weight is 530 g/mol. The number of ether oxygens (including phenoxy) is 1. The molecule has 0 bridgehead atoms. The van der Waals surface area contributed by atoms with Crippen molar-refractivity contribution in [3.8, 4) is 17.1 Å². The normalized spacial score (nSPS) is 10.9. The van der Waals surface area contributed by atoms with E-state index < -0.39 is 23.3 Å². The Labute approximate surface area is 224 Å². The predicted octanol–water partition coefficient (Wildman–Crippen LogP) is 3.31. The number of aromatic nitrogens is 2. The first-order valence-corrected chi connectivity index (χ1v) is 11.9. The Bertz CT molecular complexity index is 1480. The molecule has 0 spiro atoms. The Morgan fingerprint density at radius 3 is 2.44 bits per heavy atom. The number of carbonyl (C=O) groups is 3. The van der Waals surface area contributed by atoms with Crippen molar-refractivity contribution in [1.29, 1.82) is 0 Å². The summed E-state index contributed by atoms with van der Waals surface area (Å²) in [7, 11) is 1.49. The summed E-state index contributed by atoms with van der Waals surface area (Å²) in [4.78, 5) is 41.5. The Morgan fingerprint density at radius 2 is 1.77 bits per heavy atom. The van der Waals surface area contributed by atoms with Crippen molar-refractivity contribution in [2.45, 2.75) is 25.8 Å². The maximum atomic E-state index is 12.6. The lowest BCUT2D eigenvalue weighted by Crippen LogP contribution is -2.49. The Hall–Kier alpha value is -5.19. The second-order valence-electron chi connectivity index (χ2n) is 9.35. The summed E-state index contributed by atoms with van der Waals surface area (Å²) in [5, 5.41) is 19.5. The lowest BCUT2D eigenvalue weighted by Gasteiger charge is -2.26. The highest BCUT2D eigenvalue weighted by atomic mass is 16.5. The standard InChI is InChI=1S/C28H27N5O6/c1-28(2,14-18-6-8-20(9-7-18)30-25(34)19-5-4-12-33(37)16-19)32-27(36)26(35)31-21-10-11-22(23(13-21)38-3)24-15-29-17-39-24/h4-13,15-17H,14H2,1-3H3,(H,30,34)(H,31,35)(H,32,36). The molecule has 0 unspecified atom stereocenters. The summed E-state index contributed by atoms with van der Waals surface area (Å²) in [6, 6.07) is 15.0. The SMILES string of the molecule is COc1cc(NC(=O)C(=O)NC(C)(C)Cc2ccc(NC(=O)c3ccc[n+]([O-])c3)cc2)ccc1-c1cnco1. The third kappa shape index (κ3) is 6.98. The van der Waals surface area contributed by atoms with Crippen LogP contribution < -0.4 is 25.4 Å². The first-order chi connectivity index (χ1) is 18.6. The van der Waals surface area contributed by atoms with Gasteiger partial charge < -0.3 is 30.3 Å². The van der Waals surface area contributed by atoms with Crippen LogP contribution in [0.3, 0.4) is 0 Å². The highest BCUT2D eigenvalue weighted by Crippen LogP contribution is 2.32. The highest BCUT2D eigenvalue weighted by Gasteiger charge is 2.25. The number of anilines is 2. The molecule has 39 heavy (non-hydrogen) atoms. The molecule has 2 aromatic heterocycles. The lowest BCUT2D eigenvalue weighted by atomic mass is 9.94. The molecule has 200 valence electrons. The third-order valence-corrected chi connectivity index (χ3v) is 5.71. The minimum atomic E-state index is -0.823. The number of amides is 3. The third-order valence-electron chi connectivity index (χ3n) is 5.71. The molecule has 2 heterocycles. The van der Waals surface area contributed by atoms with Crippen molar-refractivity contribution >= 4 is 29.1 Å². The molecule has 3 N–H and O–H groups in total. The van der Waals surface area contributed by atoms with Crippen LogP contribution in [0, 0.1) is 5.21 Å². The molecule has 4 aromatic rings.